The summed E-state index contributed by atoms with van der Waals surface area (Å²) in [5.41, 5.74) is 1.06. The van der Waals surface area contributed by atoms with Crippen LogP contribution in [0.3, 0.4) is 0 Å². The maximum absolute atomic E-state index is 14.5. The van der Waals surface area contributed by atoms with Crippen LogP contribution >= 0.6 is 0 Å². The van der Waals surface area contributed by atoms with Crippen molar-refractivity contribution in [3.63, 3.8) is 0 Å². The molecule has 1 heterocycles. The highest BCUT2D eigenvalue weighted by atomic mass is 32.2. The molecular weight excluding hydrogens is 397 g/mol. The number of sulfonamides is 1. The van der Waals surface area contributed by atoms with E-state index in [1.807, 2.05) is 4.90 Å². The molecule has 0 unspecified atom stereocenters. The van der Waals surface area contributed by atoms with Crippen molar-refractivity contribution in [3.8, 4) is 0 Å². The van der Waals surface area contributed by atoms with Crippen molar-refractivity contribution in [1.29, 1.82) is 0 Å². The number of amides is 1. The number of halogens is 1. The van der Waals surface area contributed by atoms with Crippen LogP contribution in [0.25, 0.3) is 0 Å². The largest absolute Gasteiger partial charge is 0.378 e. The molecular formula is C20H24FN3O4S. The number of benzene rings is 2. The Morgan fingerprint density at radius 1 is 1.10 bits per heavy atom. The van der Waals surface area contributed by atoms with E-state index in [4.69, 9.17) is 4.74 Å². The van der Waals surface area contributed by atoms with E-state index in [0.29, 0.717) is 37.7 Å². The van der Waals surface area contributed by atoms with Gasteiger partial charge < -0.3 is 15.0 Å². The van der Waals surface area contributed by atoms with Crippen molar-refractivity contribution >= 4 is 27.3 Å². The van der Waals surface area contributed by atoms with Crippen LogP contribution in [0.15, 0.2) is 47.4 Å². The third-order valence-electron chi connectivity index (χ3n) is 4.37. The van der Waals surface area contributed by atoms with Crippen molar-refractivity contribution < 1.29 is 22.3 Å². The molecule has 1 fully saturated rings. The van der Waals surface area contributed by atoms with E-state index in [0.717, 1.165) is 0 Å². The van der Waals surface area contributed by atoms with Crippen molar-refractivity contribution in [3.05, 3.63) is 53.8 Å². The Balaban J connectivity index is 1.69. The summed E-state index contributed by atoms with van der Waals surface area (Å²) in [5.74, 6) is -0.879. The number of hydrogen-bond donors (Lipinski definition) is 2. The second-order valence-electron chi connectivity index (χ2n) is 7.02. The lowest BCUT2D eigenvalue weighted by molar-refractivity contribution is 0.102. The maximum atomic E-state index is 14.5. The molecule has 0 spiro atoms. The average molecular weight is 421 g/mol. The molecule has 0 radical (unpaired) electrons. The van der Waals surface area contributed by atoms with Gasteiger partial charge in [-0.1, -0.05) is 0 Å². The average Bonchev–Trinajstić information content (AvgIpc) is 2.68. The monoisotopic (exact) mass is 421 g/mol. The summed E-state index contributed by atoms with van der Waals surface area (Å²) in [7, 11) is -3.63. The van der Waals surface area contributed by atoms with Gasteiger partial charge in [0.25, 0.3) is 5.91 Å². The molecule has 0 saturated carbocycles. The smallest absolute Gasteiger partial charge is 0.255 e. The van der Waals surface area contributed by atoms with Gasteiger partial charge in [0.15, 0.2) is 0 Å². The summed E-state index contributed by atoms with van der Waals surface area (Å²) < 4.78 is 46.5. The zero-order valence-corrected chi connectivity index (χ0v) is 17.1. The Hall–Kier alpha value is -2.49. The van der Waals surface area contributed by atoms with Crippen LogP contribution in [0.4, 0.5) is 15.8 Å². The third-order valence-corrected chi connectivity index (χ3v) is 6.05. The predicted molar refractivity (Wildman–Crippen MR) is 109 cm³/mol. The second-order valence-corrected chi connectivity index (χ2v) is 8.73. The molecule has 7 nitrogen and oxygen atoms in total. The number of ether oxygens (including phenoxy) is 1. The lowest BCUT2D eigenvalue weighted by Crippen LogP contribution is -2.36. The minimum absolute atomic E-state index is 0.0728. The molecule has 1 aliphatic heterocycles. The standard InChI is InChI=1S/C20H24FN3O4S/c1-14(2)23-29(26,27)17-6-3-15(4-7-17)20(25)22-16-5-8-19(18(21)13-16)24-9-11-28-12-10-24/h3-8,13-14,23H,9-12H2,1-2H3,(H,22,25). The molecule has 1 amide bonds. The molecule has 0 aromatic heterocycles. The van der Waals surface area contributed by atoms with Gasteiger partial charge in [-0.2, -0.15) is 0 Å². The number of carbonyl (C=O) groups is 1. The highest BCUT2D eigenvalue weighted by Crippen LogP contribution is 2.24. The SMILES string of the molecule is CC(C)NS(=O)(=O)c1ccc(C(=O)Nc2ccc(N3CCOCC3)c(F)c2)cc1. The zero-order valence-electron chi connectivity index (χ0n) is 16.3. The first-order valence-electron chi connectivity index (χ1n) is 9.32. The quantitative estimate of drug-likeness (QED) is 0.749. The van der Waals surface area contributed by atoms with Gasteiger partial charge in [-0.15, -0.1) is 0 Å². The maximum Gasteiger partial charge on any atom is 0.255 e. The van der Waals surface area contributed by atoms with Gasteiger partial charge in [0, 0.05) is 30.4 Å². The van der Waals surface area contributed by atoms with Gasteiger partial charge in [0.05, 0.1) is 23.8 Å². The Bertz CT molecular complexity index is 972. The van der Waals surface area contributed by atoms with E-state index in [1.54, 1.807) is 26.0 Å². The van der Waals surface area contributed by atoms with Crippen LogP contribution in [0.2, 0.25) is 0 Å². The Morgan fingerprint density at radius 3 is 2.34 bits per heavy atom. The van der Waals surface area contributed by atoms with Gasteiger partial charge in [0.2, 0.25) is 10.0 Å². The predicted octanol–water partition coefficient (Wildman–Crippen LogP) is 2.60. The molecule has 1 aliphatic rings. The molecule has 2 aromatic carbocycles. The van der Waals surface area contributed by atoms with Gasteiger partial charge >= 0.3 is 0 Å². The molecule has 9 heteroatoms. The minimum atomic E-state index is -3.63. The van der Waals surface area contributed by atoms with E-state index < -0.39 is 21.7 Å². The number of nitrogens with zero attached hydrogens (tertiary/aromatic N) is 1. The first-order valence-corrected chi connectivity index (χ1v) is 10.8. The van der Waals surface area contributed by atoms with Crippen molar-refractivity contribution in [2.75, 3.05) is 36.5 Å². The van der Waals surface area contributed by atoms with Gasteiger partial charge in [-0.05, 0) is 56.3 Å². The Labute approximate surface area is 169 Å². The summed E-state index contributed by atoms with van der Waals surface area (Å²) in [6, 6.07) is 9.86. The van der Waals surface area contributed by atoms with Crippen LogP contribution in [0.5, 0.6) is 0 Å². The zero-order chi connectivity index (χ0) is 21.0. The first-order chi connectivity index (χ1) is 13.8. The van der Waals surface area contributed by atoms with Gasteiger partial charge in [-0.25, -0.2) is 17.5 Å². The summed E-state index contributed by atoms with van der Waals surface area (Å²) >= 11 is 0. The molecule has 29 heavy (non-hydrogen) atoms. The fraction of sp³-hybridized carbons (Fsp3) is 0.350. The fourth-order valence-electron chi connectivity index (χ4n) is 3.01. The summed E-state index contributed by atoms with van der Waals surface area (Å²) in [6.07, 6.45) is 0. The molecule has 0 atom stereocenters. The molecule has 2 aromatic rings. The minimum Gasteiger partial charge on any atom is -0.378 e. The Kier molecular flexibility index (Phi) is 6.51. The van der Waals surface area contributed by atoms with E-state index in [2.05, 4.69) is 10.0 Å². The lowest BCUT2D eigenvalue weighted by Gasteiger charge is -2.29. The van der Waals surface area contributed by atoms with E-state index >= 15 is 0 Å². The van der Waals surface area contributed by atoms with Crippen molar-refractivity contribution in [1.82, 2.24) is 4.72 Å². The number of rotatable bonds is 6. The number of anilines is 2. The molecule has 0 bridgehead atoms. The number of morpholine rings is 1. The number of hydrogen-bond acceptors (Lipinski definition) is 5. The highest BCUT2D eigenvalue weighted by molar-refractivity contribution is 7.89. The topological polar surface area (TPSA) is 87.7 Å². The third kappa shape index (κ3) is 5.31. The molecule has 0 aliphatic carbocycles. The van der Waals surface area contributed by atoms with Crippen LogP contribution < -0.4 is 14.9 Å². The van der Waals surface area contributed by atoms with Gasteiger partial charge in [0.1, 0.15) is 5.82 Å². The fourth-order valence-corrected chi connectivity index (χ4v) is 4.26. The summed E-state index contributed by atoms with van der Waals surface area (Å²) in [4.78, 5) is 14.4. The van der Waals surface area contributed by atoms with Crippen LogP contribution in [0, 0.1) is 5.82 Å². The van der Waals surface area contributed by atoms with Crippen LogP contribution in [-0.2, 0) is 14.8 Å². The van der Waals surface area contributed by atoms with Gasteiger partial charge in [-0.3, -0.25) is 4.79 Å². The molecule has 1 saturated heterocycles. The normalized spacial score (nSPS) is 14.8. The highest BCUT2D eigenvalue weighted by Gasteiger charge is 2.18. The van der Waals surface area contributed by atoms with E-state index in [1.165, 1.54) is 30.3 Å². The van der Waals surface area contributed by atoms with Crippen LogP contribution in [0.1, 0.15) is 24.2 Å². The molecule has 2 N–H and O–H groups in total. The summed E-state index contributed by atoms with van der Waals surface area (Å²) in [6.45, 7) is 5.78. The van der Waals surface area contributed by atoms with Crippen molar-refractivity contribution in [2.24, 2.45) is 0 Å². The van der Waals surface area contributed by atoms with E-state index in [-0.39, 0.29) is 16.5 Å². The summed E-state index contributed by atoms with van der Waals surface area (Å²) in [5, 5.41) is 2.63. The van der Waals surface area contributed by atoms with Crippen LogP contribution in [-0.4, -0.2) is 46.7 Å². The Morgan fingerprint density at radius 2 is 1.76 bits per heavy atom. The molecule has 3 rings (SSSR count). The molecule has 156 valence electrons. The number of nitrogens with one attached hydrogen (secondary N) is 2. The lowest BCUT2D eigenvalue weighted by atomic mass is 10.2. The van der Waals surface area contributed by atoms with Crippen molar-refractivity contribution in [2.45, 2.75) is 24.8 Å². The second kappa shape index (κ2) is 8.89. The first kappa shape index (κ1) is 21.2. The number of carbonyl (C=O) groups excluding carboxylic acids is 1. The van der Waals surface area contributed by atoms with E-state index in [9.17, 15) is 17.6 Å².